The lowest BCUT2D eigenvalue weighted by atomic mass is 10.1. The second-order valence-electron chi connectivity index (χ2n) is 5.04. The summed E-state index contributed by atoms with van der Waals surface area (Å²) in [6.07, 6.45) is 0.990. The largest absolute Gasteiger partial charge is 0.338 e. The summed E-state index contributed by atoms with van der Waals surface area (Å²) in [5, 5.41) is 3.31. The maximum atomic E-state index is 13.3. The maximum Gasteiger partial charge on any atom is 0.255 e. The Morgan fingerprint density at radius 3 is 3.00 bits per heavy atom. The van der Waals surface area contributed by atoms with Crippen LogP contribution in [0.25, 0.3) is 0 Å². The molecule has 104 valence electrons. The highest BCUT2D eigenvalue weighted by molar-refractivity contribution is 6.33. The first kappa shape index (κ1) is 14.3. The standard InChI is InChI=1S/C14H18ClFN2O/c1-9-5-11(12(15)6-13(9)16)14(19)18-4-3-10(8-18)7-17-2/h5-6,10,17H,3-4,7-8H2,1-2H3. The molecule has 1 aliphatic rings. The first-order valence-corrected chi connectivity index (χ1v) is 6.80. The number of aryl methyl sites for hydroxylation is 1. The molecule has 1 fully saturated rings. The zero-order valence-electron chi connectivity index (χ0n) is 11.2. The van der Waals surface area contributed by atoms with E-state index in [9.17, 15) is 9.18 Å². The van der Waals surface area contributed by atoms with Gasteiger partial charge in [-0.25, -0.2) is 4.39 Å². The van der Waals surface area contributed by atoms with Gasteiger partial charge in [0, 0.05) is 13.1 Å². The molecule has 1 heterocycles. The Morgan fingerprint density at radius 1 is 1.58 bits per heavy atom. The number of nitrogens with one attached hydrogen (secondary N) is 1. The van der Waals surface area contributed by atoms with E-state index in [0.717, 1.165) is 26.1 Å². The topological polar surface area (TPSA) is 32.3 Å². The van der Waals surface area contributed by atoms with Crippen LogP contribution >= 0.6 is 11.6 Å². The molecule has 2 rings (SSSR count). The van der Waals surface area contributed by atoms with E-state index < -0.39 is 0 Å². The highest BCUT2D eigenvalue weighted by atomic mass is 35.5. The number of halogens is 2. The Kier molecular flexibility index (Phi) is 4.42. The zero-order valence-corrected chi connectivity index (χ0v) is 11.9. The fraction of sp³-hybridized carbons (Fsp3) is 0.500. The van der Waals surface area contributed by atoms with Crippen LogP contribution in [0.1, 0.15) is 22.3 Å². The zero-order chi connectivity index (χ0) is 14.0. The van der Waals surface area contributed by atoms with Crippen LogP contribution in [0, 0.1) is 18.7 Å². The van der Waals surface area contributed by atoms with Crippen LogP contribution in [-0.2, 0) is 0 Å². The average Bonchev–Trinajstić information content (AvgIpc) is 2.82. The minimum Gasteiger partial charge on any atom is -0.338 e. The number of hydrogen-bond donors (Lipinski definition) is 1. The Morgan fingerprint density at radius 2 is 2.32 bits per heavy atom. The van der Waals surface area contributed by atoms with Crippen LogP contribution in [0.2, 0.25) is 5.02 Å². The molecule has 0 aromatic heterocycles. The molecule has 1 N–H and O–H groups in total. The van der Waals surface area contributed by atoms with Gasteiger partial charge in [-0.1, -0.05) is 11.6 Å². The van der Waals surface area contributed by atoms with Crippen LogP contribution in [-0.4, -0.2) is 37.5 Å². The fourth-order valence-corrected chi connectivity index (χ4v) is 2.70. The maximum absolute atomic E-state index is 13.3. The Labute approximate surface area is 117 Å². The predicted octanol–water partition coefficient (Wildman–Crippen LogP) is 2.47. The van der Waals surface area contributed by atoms with Crippen molar-refractivity contribution in [1.82, 2.24) is 10.2 Å². The molecule has 1 aromatic carbocycles. The normalized spacial score (nSPS) is 18.9. The third-order valence-electron chi connectivity index (χ3n) is 3.54. The van der Waals surface area contributed by atoms with Gasteiger partial charge in [-0.05, 0) is 50.6 Å². The summed E-state index contributed by atoms with van der Waals surface area (Å²) in [6, 6.07) is 2.75. The molecule has 1 unspecified atom stereocenters. The third-order valence-corrected chi connectivity index (χ3v) is 3.86. The van der Waals surface area contributed by atoms with Crippen molar-refractivity contribution in [1.29, 1.82) is 0 Å². The quantitative estimate of drug-likeness (QED) is 0.925. The van der Waals surface area contributed by atoms with Gasteiger partial charge in [-0.15, -0.1) is 0 Å². The number of benzene rings is 1. The summed E-state index contributed by atoms with van der Waals surface area (Å²) >= 11 is 5.97. The Balaban J connectivity index is 2.15. The van der Waals surface area contributed by atoms with Gasteiger partial charge in [0.05, 0.1) is 10.6 Å². The van der Waals surface area contributed by atoms with Crippen LogP contribution in [0.4, 0.5) is 4.39 Å². The van der Waals surface area contributed by atoms with Crippen molar-refractivity contribution in [3.63, 3.8) is 0 Å². The van der Waals surface area contributed by atoms with Crippen molar-refractivity contribution in [3.8, 4) is 0 Å². The Bertz CT molecular complexity index is 493. The smallest absolute Gasteiger partial charge is 0.255 e. The van der Waals surface area contributed by atoms with Crippen molar-refractivity contribution in [2.24, 2.45) is 5.92 Å². The number of nitrogens with zero attached hydrogens (tertiary/aromatic N) is 1. The molecule has 1 aromatic rings. The predicted molar refractivity (Wildman–Crippen MR) is 74.1 cm³/mol. The van der Waals surface area contributed by atoms with Crippen molar-refractivity contribution in [2.75, 3.05) is 26.7 Å². The molecule has 1 atom stereocenters. The van der Waals surface area contributed by atoms with Crippen molar-refractivity contribution >= 4 is 17.5 Å². The van der Waals surface area contributed by atoms with Crippen LogP contribution in [0.3, 0.4) is 0 Å². The van der Waals surface area contributed by atoms with Crippen LogP contribution in [0.5, 0.6) is 0 Å². The van der Waals surface area contributed by atoms with Gasteiger partial charge in [0.1, 0.15) is 5.82 Å². The fourth-order valence-electron chi connectivity index (χ4n) is 2.46. The van der Waals surface area contributed by atoms with Gasteiger partial charge in [-0.3, -0.25) is 4.79 Å². The molecule has 0 aliphatic carbocycles. The van der Waals surface area contributed by atoms with E-state index in [-0.39, 0.29) is 16.7 Å². The monoisotopic (exact) mass is 284 g/mol. The summed E-state index contributed by atoms with van der Waals surface area (Å²) in [5.74, 6) is -0.00277. The number of likely N-dealkylation sites (tertiary alicyclic amines) is 1. The third kappa shape index (κ3) is 3.07. The summed E-state index contributed by atoms with van der Waals surface area (Å²) in [4.78, 5) is 14.2. The molecule has 0 bridgehead atoms. The molecule has 1 amide bonds. The van der Waals surface area contributed by atoms with Gasteiger partial charge in [-0.2, -0.15) is 0 Å². The molecule has 1 aliphatic heterocycles. The van der Waals surface area contributed by atoms with Crippen molar-refractivity contribution in [2.45, 2.75) is 13.3 Å². The van der Waals surface area contributed by atoms with Crippen molar-refractivity contribution < 1.29 is 9.18 Å². The van der Waals surface area contributed by atoms with Crippen LogP contribution < -0.4 is 5.32 Å². The van der Waals surface area contributed by atoms with Gasteiger partial charge >= 0.3 is 0 Å². The molecule has 19 heavy (non-hydrogen) atoms. The van der Waals surface area contributed by atoms with Crippen molar-refractivity contribution in [3.05, 3.63) is 34.1 Å². The highest BCUT2D eigenvalue weighted by Crippen LogP contribution is 2.24. The number of carbonyl (C=O) groups excluding carboxylic acids is 1. The minimum atomic E-state index is -0.379. The van der Waals surface area contributed by atoms with E-state index >= 15 is 0 Å². The number of rotatable bonds is 3. The average molecular weight is 285 g/mol. The van der Waals surface area contributed by atoms with E-state index in [2.05, 4.69) is 5.32 Å². The lowest BCUT2D eigenvalue weighted by Gasteiger charge is -2.18. The number of carbonyl (C=O) groups is 1. The summed E-state index contributed by atoms with van der Waals surface area (Å²) in [6.45, 7) is 4.00. The molecule has 0 radical (unpaired) electrons. The molecular weight excluding hydrogens is 267 g/mol. The second kappa shape index (κ2) is 5.88. The van der Waals surface area contributed by atoms with Gasteiger partial charge < -0.3 is 10.2 Å². The molecule has 5 heteroatoms. The first-order valence-electron chi connectivity index (χ1n) is 6.42. The van der Waals surface area contributed by atoms with Gasteiger partial charge in [0.2, 0.25) is 0 Å². The number of amides is 1. The SMILES string of the molecule is CNCC1CCN(C(=O)c2cc(C)c(F)cc2Cl)C1. The summed E-state index contributed by atoms with van der Waals surface area (Å²) in [5.41, 5.74) is 0.837. The first-order chi connectivity index (χ1) is 9.02. The highest BCUT2D eigenvalue weighted by Gasteiger charge is 2.27. The lowest BCUT2D eigenvalue weighted by Crippen LogP contribution is -2.30. The lowest BCUT2D eigenvalue weighted by molar-refractivity contribution is 0.0787. The van der Waals surface area contributed by atoms with E-state index in [1.54, 1.807) is 11.8 Å². The number of hydrogen-bond acceptors (Lipinski definition) is 2. The van der Waals surface area contributed by atoms with Gasteiger partial charge in [0.15, 0.2) is 0 Å². The molecule has 1 saturated heterocycles. The molecule has 3 nitrogen and oxygen atoms in total. The van der Waals surface area contributed by atoms with Crippen LogP contribution in [0.15, 0.2) is 12.1 Å². The molecular formula is C14H18ClFN2O. The second-order valence-corrected chi connectivity index (χ2v) is 5.45. The van der Waals surface area contributed by atoms with E-state index in [1.165, 1.54) is 12.1 Å². The minimum absolute atomic E-state index is 0.105. The molecule has 0 spiro atoms. The molecule has 0 saturated carbocycles. The Hall–Kier alpha value is -1.13. The van der Waals surface area contributed by atoms with E-state index in [0.29, 0.717) is 17.0 Å². The van der Waals surface area contributed by atoms with E-state index in [1.807, 2.05) is 7.05 Å². The summed E-state index contributed by atoms with van der Waals surface area (Å²) < 4.78 is 13.3. The summed E-state index contributed by atoms with van der Waals surface area (Å²) in [7, 11) is 1.91. The van der Waals surface area contributed by atoms with E-state index in [4.69, 9.17) is 11.6 Å². The van der Waals surface area contributed by atoms with Gasteiger partial charge in [0.25, 0.3) is 5.91 Å².